The van der Waals surface area contributed by atoms with Gasteiger partial charge in [0.2, 0.25) is 17.7 Å². The highest BCUT2D eigenvalue weighted by atomic mass is 32.2. The fourth-order valence-electron chi connectivity index (χ4n) is 4.39. The summed E-state index contributed by atoms with van der Waals surface area (Å²) in [5.41, 5.74) is 3.28. The van der Waals surface area contributed by atoms with Gasteiger partial charge in [0.25, 0.3) is 10.0 Å². The Labute approximate surface area is 231 Å². The van der Waals surface area contributed by atoms with Crippen LogP contribution in [-0.2, 0) is 26.2 Å². The molecule has 0 fully saturated rings. The fourth-order valence-corrected chi connectivity index (χ4v) is 5.67. The van der Waals surface area contributed by atoms with Crippen molar-refractivity contribution in [1.29, 1.82) is 0 Å². The summed E-state index contributed by atoms with van der Waals surface area (Å²) in [5, 5.41) is 6.53. The zero-order valence-corrected chi connectivity index (χ0v) is 24.3. The van der Waals surface area contributed by atoms with E-state index in [1.54, 1.807) is 44.0 Å². The fraction of sp³-hybridized carbons (Fsp3) is 0.414. The number of nitrogens with one attached hydrogen (secondary N) is 2. The van der Waals surface area contributed by atoms with E-state index in [1.165, 1.54) is 6.07 Å². The van der Waals surface area contributed by atoms with Crippen LogP contribution in [0, 0.1) is 19.8 Å². The van der Waals surface area contributed by atoms with Gasteiger partial charge in [-0.25, -0.2) is 13.1 Å². The topological polar surface area (TPSA) is 122 Å². The largest absolute Gasteiger partial charge is 0.357 e. The number of amides is 2. The van der Waals surface area contributed by atoms with Crippen LogP contribution in [0.5, 0.6) is 0 Å². The number of anilines is 1. The third kappa shape index (κ3) is 6.86. The van der Waals surface area contributed by atoms with Gasteiger partial charge in [-0.15, -0.1) is 0 Å². The monoisotopic (exact) mass is 554 g/mol. The van der Waals surface area contributed by atoms with Gasteiger partial charge in [-0.2, -0.15) is 0 Å². The van der Waals surface area contributed by atoms with Crippen LogP contribution in [0.15, 0.2) is 57.9 Å². The molecular formula is C29H38N4O5S. The maximum atomic E-state index is 13.3. The Morgan fingerprint density at radius 2 is 1.72 bits per heavy atom. The highest BCUT2D eigenvalue weighted by Gasteiger charge is 2.33. The number of benzene rings is 2. The van der Waals surface area contributed by atoms with E-state index in [9.17, 15) is 18.0 Å². The molecular weight excluding hydrogens is 516 g/mol. The molecule has 9 nitrogen and oxygen atoms in total. The number of sulfonamides is 1. The van der Waals surface area contributed by atoms with Crippen molar-refractivity contribution in [3.63, 3.8) is 0 Å². The first-order chi connectivity index (χ1) is 18.5. The van der Waals surface area contributed by atoms with Gasteiger partial charge in [-0.05, 0) is 43.4 Å². The van der Waals surface area contributed by atoms with E-state index in [2.05, 4.69) is 15.2 Å². The summed E-state index contributed by atoms with van der Waals surface area (Å²) in [5.74, 6) is -0.196. The summed E-state index contributed by atoms with van der Waals surface area (Å²) in [6, 6.07) is 13.5. The minimum absolute atomic E-state index is 0.0219. The predicted molar refractivity (Wildman–Crippen MR) is 151 cm³/mol. The lowest BCUT2D eigenvalue weighted by atomic mass is 9.95. The Morgan fingerprint density at radius 1 is 1.05 bits per heavy atom. The van der Waals surface area contributed by atoms with Gasteiger partial charge in [0.05, 0.1) is 10.6 Å². The highest BCUT2D eigenvalue weighted by molar-refractivity contribution is 7.92. The van der Waals surface area contributed by atoms with Crippen LogP contribution >= 0.6 is 0 Å². The molecule has 0 bridgehead atoms. The molecule has 2 N–H and O–H groups in total. The van der Waals surface area contributed by atoms with Gasteiger partial charge >= 0.3 is 0 Å². The average Bonchev–Trinajstić information content (AvgIpc) is 3.24. The third-order valence-corrected chi connectivity index (χ3v) is 8.39. The number of carbonyl (C=O) groups is 2. The summed E-state index contributed by atoms with van der Waals surface area (Å²) < 4.78 is 34.2. The van der Waals surface area contributed by atoms with Crippen molar-refractivity contribution in [3.8, 4) is 11.1 Å². The molecule has 1 aromatic heterocycles. The quantitative estimate of drug-likeness (QED) is 0.323. The number of aryl methyl sites for hydroxylation is 1. The Kier molecular flexibility index (Phi) is 9.91. The molecule has 39 heavy (non-hydrogen) atoms. The summed E-state index contributed by atoms with van der Waals surface area (Å²) in [4.78, 5) is 27.7. The summed E-state index contributed by atoms with van der Waals surface area (Å²) >= 11 is 0. The maximum Gasteiger partial charge on any atom is 0.264 e. The molecule has 10 heteroatoms. The third-order valence-electron chi connectivity index (χ3n) is 7.00. The van der Waals surface area contributed by atoms with Crippen molar-refractivity contribution in [3.05, 3.63) is 65.4 Å². The maximum absolute atomic E-state index is 13.3. The SMILES string of the molecule is CCCC(=O)N(Cc1ccc(-c2ccccc2S(=O)(=O)Nc2onc(C)c2C)cc1)[C@H](C(=O)NC)[C@H](C)CC. The standard InChI is InChI=1S/C29H38N4O5S/c1-7-11-26(34)33(27(19(3)8-2)28(35)30-6)18-22-14-16-23(17-15-22)24-12-9-10-13-25(24)39(36,37)32-29-20(4)21(5)31-38-29/h9-10,12-17,19,27,32H,7-8,11,18H2,1-6H3,(H,30,35)/t19-,27+/m1/s1. The van der Waals surface area contributed by atoms with Crippen LogP contribution in [-0.4, -0.2) is 43.4 Å². The molecule has 1 heterocycles. The molecule has 3 aromatic rings. The molecule has 2 atom stereocenters. The van der Waals surface area contributed by atoms with E-state index in [1.807, 2.05) is 45.0 Å². The Balaban J connectivity index is 1.93. The van der Waals surface area contributed by atoms with E-state index < -0.39 is 16.1 Å². The van der Waals surface area contributed by atoms with Gasteiger partial charge in [-0.1, -0.05) is 74.8 Å². The molecule has 3 rings (SSSR count). The average molecular weight is 555 g/mol. The zero-order valence-electron chi connectivity index (χ0n) is 23.4. The van der Waals surface area contributed by atoms with Crippen LogP contribution in [0.25, 0.3) is 11.1 Å². The molecule has 0 radical (unpaired) electrons. The number of rotatable bonds is 12. The predicted octanol–water partition coefficient (Wildman–Crippen LogP) is 5.05. The van der Waals surface area contributed by atoms with Crippen molar-refractivity contribution in [2.24, 2.45) is 5.92 Å². The van der Waals surface area contributed by atoms with Crippen LogP contribution in [0.2, 0.25) is 0 Å². The lowest BCUT2D eigenvalue weighted by Crippen LogP contribution is -2.51. The minimum atomic E-state index is -3.97. The van der Waals surface area contributed by atoms with Crippen molar-refractivity contribution in [2.45, 2.75) is 71.4 Å². The van der Waals surface area contributed by atoms with Gasteiger partial charge in [0, 0.05) is 31.1 Å². The normalized spacial score (nSPS) is 13.0. The molecule has 2 aromatic carbocycles. The van der Waals surface area contributed by atoms with Crippen LogP contribution in [0.3, 0.4) is 0 Å². The van der Waals surface area contributed by atoms with E-state index >= 15 is 0 Å². The molecule has 0 saturated carbocycles. The van der Waals surface area contributed by atoms with Gasteiger partial charge in [-0.3, -0.25) is 9.59 Å². The lowest BCUT2D eigenvalue weighted by molar-refractivity contribution is -0.143. The van der Waals surface area contributed by atoms with E-state index in [0.29, 0.717) is 35.2 Å². The first-order valence-electron chi connectivity index (χ1n) is 13.2. The number of hydrogen-bond acceptors (Lipinski definition) is 6. The second-order valence-electron chi connectivity index (χ2n) is 9.74. The molecule has 210 valence electrons. The number of hydrogen-bond donors (Lipinski definition) is 2. The van der Waals surface area contributed by atoms with Gasteiger partial charge < -0.3 is 14.7 Å². The number of nitrogens with zero attached hydrogens (tertiary/aromatic N) is 2. The highest BCUT2D eigenvalue weighted by Crippen LogP contribution is 2.30. The van der Waals surface area contributed by atoms with Crippen molar-refractivity contribution < 1.29 is 22.5 Å². The first kappa shape index (κ1) is 29.9. The molecule has 0 aliphatic heterocycles. The second kappa shape index (κ2) is 12.9. The first-order valence-corrected chi connectivity index (χ1v) is 14.7. The number of likely N-dealkylation sites (N-methyl/N-ethyl adjacent to an activating group) is 1. The molecule has 0 spiro atoms. The van der Waals surface area contributed by atoms with Crippen LogP contribution in [0.4, 0.5) is 5.88 Å². The molecule has 0 unspecified atom stereocenters. The zero-order chi connectivity index (χ0) is 28.7. The molecule has 0 aliphatic carbocycles. The van der Waals surface area contributed by atoms with Gasteiger partial charge in [0.15, 0.2) is 0 Å². The summed E-state index contributed by atoms with van der Waals surface area (Å²) in [7, 11) is -2.38. The van der Waals surface area contributed by atoms with Crippen molar-refractivity contribution in [2.75, 3.05) is 11.8 Å². The van der Waals surface area contributed by atoms with E-state index in [-0.39, 0.29) is 35.1 Å². The smallest absolute Gasteiger partial charge is 0.264 e. The lowest BCUT2D eigenvalue weighted by Gasteiger charge is -2.34. The van der Waals surface area contributed by atoms with Crippen molar-refractivity contribution >= 4 is 27.7 Å². The Morgan fingerprint density at radius 3 is 2.28 bits per heavy atom. The van der Waals surface area contributed by atoms with Crippen LogP contribution < -0.4 is 10.0 Å². The van der Waals surface area contributed by atoms with Gasteiger partial charge in [0.1, 0.15) is 6.04 Å². The number of carbonyl (C=O) groups excluding carboxylic acids is 2. The Hall–Kier alpha value is -3.66. The van der Waals surface area contributed by atoms with Crippen molar-refractivity contribution in [1.82, 2.24) is 15.4 Å². The van der Waals surface area contributed by atoms with E-state index in [0.717, 1.165) is 12.0 Å². The molecule has 0 aliphatic rings. The van der Waals surface area contributed by atoms with E-state index in [4.69, 9.17) is 4.52 Å². The molecule has 0 saturated heterocycles. The Bertz CT molecular complexity index is 1400. The molecule has 2 amide bonds. The number of aromatic nitrogens is 1. The summed E-state index contributed by atoms with van der Waals surface area (Å²) in [6.45, 7) is 9.66. The second-order valence-corrected chi connectivity index (χ2v) is 11.4. The minimum Gasteiger partial charge on any atom is -0.357 e. The summed E-state index contributed by atoms with van der Waals surface area (Å²) in [6.07, 6.45) is 1.78. The van der Waals surface area contributed by atoms with Crippen LogP contribution in [0.1, 0.15) is 56.9 Å².